The first-order chi connectivity index (χ1) is 17.8. The van der Waals surface area contributed by atoms with Crippen LogP contribution in [0.5, 0.6) is 0 Å². The van der Waals surface area contributed by atoms with E-state index in [1.54, 1.807) is 30.1 Å². The van der Waals surface area contributed by atoms with Gasteiger partial charge in [0, 0.05) is 19.5 Å². The van der Waals surface area contributed by atoms with E-state index in [-0.39, 0.29) is 19.9 Å². The molecule has 12 heteroatoms. The fourth-order valence-corrected chi connectivity index (χ4v) is 5.09. The number of hydrogen-bond acceptors (Lipinski definition) is 9. The van der Waals surface area contributed by atoms with Crippen molar-refractivity contribution in [1.29, 1.82) is 0 Å². The molecule has 0 saturated carbocycles. The van der Waals surface area contributed by atoms with Crippen molar-refractivity contribution in [2.24, 2.45) is 5.73 Å². The minimum Gasteiger partial charge on any atom is -0.443 e. The van der Waals surface area contributed by atoms with E-state index in [1.165, 1.54) is 0 Å². The number of nitrogens with zero attached hydrogens (tertiary/aromatic N) is 5. The Hall–Kier alpha value is -3.61. The highest BCUT2D eigenvalue weighted by molar-refractivity contribution is 7.18. The Kier molecular flexibility index (Phi) is 8.24. The number of benzene rings is 1. The molecule has 1 aliphatic heterocycles. The van der Waals surface area contributed by atoms with E-state index in [1.807, 2.05) is 46.9 Å². The highest BCUT2D eigenvalue weighted by atomic mass is 32.1. The van der Waals surface area contributed by atoms with Crippen molar-refractivity contribution in [3.63, 3.8) is 0 Å². The lowest BCUT2D eigenvalue weighted by atomic mass is 10.0. The van der Waals surface area contributed by atoms with Gasteiger partial charge in [-0.1, -0.05) is 25.6 Å². The van der Waals surface area contributed by atoms with E-state index < -0.39 is 17.7 Å². The summed E-state index contributed by atoms with van der Waals surface area (Å²) in [6.07, 6.45) is -0.0109. The zero-order chi connectivity index (χ0) is 26.0. The summed E-state index contributed by atoms with van der Waals surface area (Å²) in [6.45, 7) is 5.28. The Morgan fingerprint density at radius 1 is 1.16 bits per heavy atom. The lowest BCUT2D eigenvalue weighted by Crippen LogP contribution is -2.50. The van der Waals surface area contributed by atoms with Crippen molar-refractivity contribution >= 4 is 39.2 Å². The van der Waals surface area contributed by atoms with Gasteiger partial charge in [-0.15, -0.1) is 21.5 Å². The Balaban J connectivity index is 0.00000336. The van der Waals surface area contributed by atoms with Gasteiger partial charge in [0.25, 0.3) is 0 Å². The molecule has 4 heterocycles. The fourth-order valence-electron chi connectivity index (χ4n) is 4.08. The number of carbonyl (C=O) groups is 2. The topological polar surface area (TPSA) is 137 Å². The number of nitrogens with two attached hydrogens (primary N) is 1. The number of nitrogens with one attached hydrogen (secondary N) is 1. The van der Waals surface area contributed by atoms with Crippen molar-refractivity contribution in [1.82, 2.24) is 29.8 Å². The molecular formula is C26H33N7O4S. The molecule has 3 aromatic heterocycles. The van der Waals surface area contributed by atoms with Gasteiger partial charge in [0.2, 0.25) is 5.91 Å². The number of aromatic nitrogens is 4. The van der Waals surface area contributed by atoms with Crippen molar-refractivity contribution in [3.8, 4) is 0 Å². The molecule has 1 atom stereocenters. The van der Waals surface area contributed by atoms with Crippen LogP contribution >= 0.6 is 11.3 Å². The van der Waals surface area contributed by atoms with Gasteiger partial charge in [-0.2, -0.15) is 0 Å². The maximum absolute atomic E-state index is 12.9. The lowest BCUT2D eigenvalue weighted by Gasteiger charge is -2.26. The third-order valence-electron chi connectivity index (χ3n) is 6.07. The summed E-state index contributed by atoms with van der Waals surface area (Å²) in [5, 5.41) is 12.6. The number of ether oxygens (including phenoxy) is 2. The third kappa shape index (κ3) is 5.93. The van der Waals surface area contributed by atoms with Crippen LogP contribution < -0.4 is 11.1 Å². The maximum atomic E-state index is 12.9. The van der Waals surface area contributed by atoms with E-state index in [0.717, 1.165) is 15.2 Å². The first-order valence-corrected chi connectivity index (χ1v) is 12.9. The molecule has 1 aliphatic rings. The molecule has 0 unspecified atom stereocenters. The quantitative estimate of drug-likeness (QED) is 0.366. The minimum absolute atomic E-state index is 0. The van der Waals surface area contributed by atoms with Gasteiger partial charge < -0.3 is 25.4 Å². The van der Waals surface area contributed by atoms with E-state index in [4.69, 9.17) is 20.2 Å². The first-order valence-electron chi connectivity index (χ1n) is 12.1. The Morgan fingerprint density at radius 3 is 2.66 bits per heavy atom. The predicted octanol–water partition coefficient (Wildman–Crippen LogP) is 3.08. The summed E-state index contributed by atoms with van der Waals surface area (Å²) < 4.78 is 13.8. The molecule has 2 amide bonds. The number of thiazole rings is 1. The molecule has 0 aliphatic carbocycles. The largest absolute Gasteiger partial charge is 0.443 e. The highest BCUT2D eigenvalue weighted by Gasteiger charge is 2.29. The molecule has 5 rings (SSSR count). The summed E-state index contributed by atoms with van der Waals surface area (Å²) in [5.41, 5.74) is 7.14. The Morgan fingerprint density at radius 2 is 1.92 bits per heavy atom. The van der Waals surface area contributed by atoms with E-state index in [9.17, 15) is 9.59 Å². The SMILES string of the molecule is C.CC(C)(N)C(=O)N[C@H](Cc1nc2ccccc2s1)c1nnc2cccc(COC(=O)N3CCOCC3)n12. The van der Waals surface area contributed by atoms with Crippen molar-refractivity contribution < 1.29 is 19.1 Å². The van der Waals surface area contributed by atoms with E-state index in [0.29, 0.717) is 49.9 Å². The van der Waals surface area contributed by atoms with Gasteiger partial charge in [-0.25, -0.2) is 9.78 Å². The van der Waals surface area contributed by atoms with Gasteiger partial charge >= 0.3 is 6.09 Å². The van der Waals surface area contributed by atoms with Crippen molar-refractivity contribution in [2.45, 2.75) is 45.9 Å². The number of hydrogen-bond donors (Lipinski definition) is 2. The molecule has 1 aromatic carbocycles. The van der Waals surface area contributed by atoms with Crippen LogP contribution in [-0.2, 0) is 27.3 Å². The normalized spacial score (nSPS) is 14.8. The average Bonchev–Trinajstić information content (AvgIpc) is 3.51. The van der Waals surface area contributed by atoms with Crippen LogP contribution in [0, 0.1) is 0 Å². The van der Waals surface area contributed by atoms with Gasteiger partial charge in [0.05, 0.1) is 45.7 Å². The number of pyridine rings is 1. The number of amides is 2. The molecule has 3 N–H and O–H groups in total. The smallest absolute Gasteiger partial charge is 0.410 e. The first kappa shape index (κ1) is 27.4. The van der Waals surface area contributed by atoms with Crippen LogP contribution in [0.1, 0.15) is 43.8 Å². The second kappa shape index (κ2) is 11.4. The van der Waals surface area contributed by atoms with Crippen LogP contribution in [0.3, 0.4) is 0 Å². The number of morpholine rings is 1. The van der Waals surface area contributed by atoms with Crippen LogP contribution in [0.25, 0.3) is 15.9 Å². The zero-order valence-corrected chi connectivity index (χ0v) is 21.5. The molecule has 0 bridgehead atoms. The molecule has 1 fully saturated rings. The van der Waals surface area contributed by atoms with Crippen LogP contribution in [0.2, 0.25) is 0 Å². The highest BCUT2D eigenvalue weighted by Crippen LogP contribution is 2.27. The van der Waals surface area contributed by atoms with Crippen molar-refractivity contribution in [3.05, 3.63) is 59.0 Å². The summed E-state index contributed by atoms with van der Waals surface area (Å²) in [4.78, 5) is 31.9. The van der Waals surface area contributed by atoms with Gasteiger partial charge in [0.1, 0.15) is 6.61 Å². The predicted molar refractivity (Wildman–Crippen MR) is 145 cm³/mol. The van der Waals surface area contributed by atoms with Gasteiger partial charge in [-0.3, -0.25) is 9.20 Å². The second-order valence-corrected chi connectivity index (χ2v) is 10.6. The molecule has 38 heavy (non-hydrogen) atoms. The second-order valence-electron chi connectivity index (χ2n) is 9.45. The molecule has 4 aromatic rings. The number of carbonyl (C=O) groups excluding carboxylic acids is 2. The summed E-state index contributed by atoms with van der Waals surface area (Å²) in [5.74, 6) is 0.177. The molecule has 1 saturated heterocycles. The van der Waals surface area contributed by atoms with Crippen LogP contribution in [0.4, 0.5) is 4.79 Å². The van der Waals surface area contributed by atoms with Crippen molar-refractivity contribution in [2.75, 3.05) is 26.3 Å². The maximum Gasteiger partial charge on any atom is 0.410 e. The summed E-state index contributed by atoms with van der Waals surface area (Å²) in [7, 11) is 0. The molecule has 11 nitrogen and oxygen atoms in total. The molecule has 202 valence electrons. The average molecular weight is 540 g/mol. The Bertz CT molecular complexity index is 1390. The van der Waals surface area contributed by atoms with E-state index >= 15 is 0 Å². The van der Waals surface area contributed by atoms with E-state index in [2.05, 4.69) is 15.5 Å². The standard InChI is InChI=1S/C25H29N7O4S.CH4/c1-25(2,26)23(33)28-18(14-21-27-17-7-3-4-8-19(17)37-21)22-30-29-20-9-5-6-16(32(20)22)15-36-24(34)31-10-12-35-13-11-31;/h3-9,18H,10-15,26H2,1-2H3,(H,28,33);1H4/t18-;/m1./s1. The fraction of sp³-hybridized carbons (Fsp3) is 0.423. The van der Waals surface area contributed by atoms with Gasteiger partial charge in [-0.05, 0) is 38.1 Å². The Labute approximate surface area is 225 Å². The minimum atomic E-state index is -1.09. The monoisotopic (exact) mass is 539 g/mol. The number of fused-ring (bicyclic) bond motifs is 2. The van der Waals surface area contributed by atoms with Gasteiger partial charge in [0.15, 0.2) is 11.5 Å². The molecule has 0 spiro atoms. The number of para-hydroxylation sites is 1. The number of rotatable bonds is 7. The van der Waals surface area contributed by atoms with Crippen LogP contribution in [0.15, 0.2) is 42.5 Å². The summed E-state index contributed by atoms with van der Waals surface area (Å²) >= 11 is 1.56. The third-order valence-corrected chi connectivity index (χ3v) is 7.12. The zero-order valence-electron chi connectivity index (χ0n) is 20.7. The molecule has 0 radical (unpaired) electrons. The lowest BCUT2D eigenvalue weighted by molar-refractivity contribution is -0.126. The van der Waals surface area contributed by atoms with Crippen LogP contribution in [-0.4, -0.2) is 68.3 Å². The molecular weight excluding hydrogens is 506 g/mol. The summed E-state index contributed by atoms with van der Waals surface area (Å²) in [6, 6.07) is 12.8.